The van der Waals surface area contributed by atoms with Gasteiger partial charge in [0.1, 0.15) is 6.33 Å². The van der Waals surface area contributed by atoms with E-state index in [-0.39, 0.29) is 12.0 Å². The molecular formula is C11H15N3O2S. The van der Waals surface area contributed by atoms with Gasteiger partial charge in [0.05, 0.1) is 16.9 Å². The largest absolute Gasteiger partial charge is 0.376 e. The maximum Gasteiger partial charge on any atom is 0.230 e. The fourth-order valence-electron chi connectivity index (χ4n) is 1.59. The molecule has 92 valence electrons. The zero-order valence-corrected chi connectivity index (χ0v) is 10.3. The van der Waals surface area contributed by atoms with Crippen LogP contribution in [0.5, 0.6) is 0 Å². The van der Waals surface area contributed by atoms with Gasteiger partial charge in [-0.3, -0.25) is 4.79 Å². The van der Waals surface area contributed by atoms with Crippen LogP contribution in [0.3, 0.4) is 0 Å². The first-order valence-electron chi connectivity index (χ1n) is 5.62. The number of nitrogens with one attached hydrogen (secondary N) is 1. The molecule has 0 bridgehead atoms. The molecule has 0 saturated carbocycles. The highest BCUT2D eigenvalue weighted by molar-refractivity contribution is 7.99. The molecule has 0 aromatic carbocycles. The van der Waals surface area contributed by atoms with Crippen LogP contribution in [0.15, 0.2) is 23.6 Å². The predicted molar refractivity (Wildman–Crippen MR) is 64.7 cm³/mol. The van der Waals surface area contributed by atoms with E-state index in [1.54, 1.807) is 12.3 Å². The van der Waals surface area contributed by atoms with Gasteiger partial charge in [0, 0.05) is 19.3 Å². The van der Waals surface area contributed by atoms with Gasteiger partial charge in [0.25, 0.3) is 0 Å². The number of aromatic nitrogens is 2. The summed E-state index contributed by atoms with van der Waals surface area (Å²) in [6.45, 7) is 1.43. The smallest absolute Gasteiger partial charge is 0.230 e. The molecule has 2 heterocycles. The minimum atomic E-state index is 0.0177. The Morgan fingerprint density at radius 2 is 2.59 bits per heavy atom. The van der Waals surface area contributed by atoms with Gasteiger partial charge in [-0.1, -0.05) is 11.8 Å². The number of hydrogen-bond acceptors (Lipinski definition) is 5. The van der Waals surface area contributed by atoms with Gasteiger partial charge in [0.2, 0.25) is 5.91 Å². The van der Waals surface area contributed by atoms with Crippen molar-refractivity contribution in [1.82, 2.24) is 15.3 Å². The molecule has 1 aliphatic rings. The second-order valence-corrected chi connectivity index (χ2v) is 4.77. The van der Waals surface area contributed by atoms with Crippen molar-refractivity contribution in [2.75, 3.05) is 18.9 Å². The number of hydrogen-bond donors (Lipinski definition) is 1. The van der Waals surface area contributed by atoms with Crippen molar-refractivity contribution in [2.45, 2.75) is 24.0 Å². The minimum Gasteiger partial charge on any atom is -0.376 e. The van der Waals surface area contributed by atoms with Crippen LogP contribution in [-0.2, 0) is 9.53 Å². The Kier molecular flexibility index (Phi) is 4.75. The van der Waals surface area contributed by atoms with Crippen molar-refractivity contribution < 1.29 is 9.53 Å². The Labute approximate surface area is 104 Å². The summed E-state index contributed by atoms with van der Waals surface area (Å²) in [6, 6.07) is 1.79. The quantitative estimate of drug-likeness (QED) is 0.623. The molecule has 5 nitrogen and oxygen atoms in total. The number of rotatable bonds is 5. The maximum atomic E-state index is 11.5. The van der Waals surface area contributed by atoms with Crippen LogP contribution in [0.2, 0.25) is 0 Å². The SMILES string of the molecule is O=C(CSc1ccncn1)NC[C@H]1CCCO1. The molecule has 1 aliphatic heterocycles. The van der Waals surface area contributed by atoms with Crippen molar-refractivity contribution in [2.24, 2.45) is 0 Å². The highest BCUT2D eigenvalue weighted by Gasteiger charge is 2.16. The van der Waals surface area contributed by atoms with Gasteiger partial charge in [0.15, 0.2) is 0 Å². The van der Waals surface area contributed by atoms with E-state index in [4.69, 9.17) is 4.74 Å². The van der Waals surface area contributed by atoms with Crippen LogP contribution in [-0.4, -0.2) is 40.9 Å². The number of ether oxygens (including phenoxy) is 1. The molecule has 1 N–H and O–H groups in total. The van der Waals surface area contributed by atoms with Crippen molar-refractivity contribution in [1.29, 1.82) is 0 Å². The highest BCUT2D eigenvalue weighted by Crippen LogP contribution is 2.13. The van der Waals surface area contributed by atoms with Crippen LogP contribution < -0.4 is 5.32 Å². The summed E-state index contributed by atoms with van der Waals surface area (Å²) in [5.74, 6) is 0.396. The lowest BCUT2D eigenvalue weighted by Crippen LogP contribution is -2.32. The lowest BCUT2D eigenvalue weighted by atomic mass is 10.2. The van der Waals surface area contributed by atoms with Crippen LogP contribution >= 0.6 is 11.8 Å². The molecule has 1 fully saturated rings. The third-order valence-electron chi connectivity index (χ3n) is 2.46. The normalized spacial score (nSPS) is 19.2. The lowest BCUT2D eigenvalue weighted by Gasteiger charge is -2.10. The second kappa shape index (κ2) is 6.56. The van der Waals surface area contributed by atoms with Crippen molar-refractivity contribution in [3.05, 3.63) is 18.6 Å². The van der Waals surface area contributed by atoms with Crippen LogP contribution in [0.25, 0.3) is 0 Å². The van der Waals surface area contributed by atoms with Crippen molar-refractivity contribution in [3.63, 3.8) is 0 Å². The van der Waals surface area contributed by atoms with E-state index in [2.05, 4.69) is 15.3 Å². The molecular weight excluding hydrogens is 238 g/mol. The summed E-state index contributed by atoms with van der Waals surface area (Å²) in [4.78, 5) is 19.4. The summed E-state index contributed by atoms with van der Waals surface area (Å²) in [7, 11) is 0. The van der Waals surface area contributed by atoms with Crippen LogP contribution in [0.4, 0.5) is 0 Å². The van der Waals surface area contributed by atoms with Gasteiger partial charge in [-0.2, -0.15) is 0 Å². The fraction of sp³-hybridized carbons (Fsp3) is 0.545. The standard InChI is InChI=1S/C11H15N3O2S/c15-10(13-6-9-2-1-5-16-9)7-17-11-3-4-12-8-14-11/h3-4,8-9H,1-2,5-7H2,(H,13,15)/t9-/m1/s1. The van der Waals surface area contributed by atoms with E-state index in [0.29, 0.717) is 12.3 Å². The van der Waals surface area contributed by atoms with Gasteiger partial charge >= 0.3 is 0 Å². The monoisotopic (exact) mass is 253 g/mol. The van der Waals surface area contributed by atoms with E-state index in [9.17, 15) is 4.79 Å². The average Bonchev–Trinajstić information content (AvgIpc) is 2.88. The fourth-order valence-corrected chi connectivity index (χ4v) is 2.25. The number of carbonyl (C=O) groups is 1. The third-order valence-corrected chi connectivity index (χ3v) is 3.40. The summed E-state index contributed by atoms with van der Waals surface area (Å²) in [5, 5.41) is 3.68. The average molecular weight is 253 g/mol. The Morgan fingerprint density at radius 3 is 3.29 bits per heavy atom. The topological polar surface area (TPSA) is 64.1 Å². The molecule has 0 spiro atoms. The van der Waals surface area contributed by atoms with E-state index in [0.717, 1.165) is 24.5 Å². The van der Waals surface area contributed by atoms with E-state index in [1.165, 1.54) is 18.1 Å². The molecule has 17 heavy (non-hydrogen) atoms. The first kappa shape index (κ1) is 12.3. The number of carbonyl (C=O) groups excluding carboxylic acids is 1. The zero-order chi connectivity index (χ0) is 11.9. The summed E-state index contributed by atoms with van der Waals surface area (Å²) in [5.41, 5.74) is 0. The maximum absolute atomic E-state index is 11.5. The van der Waals surface area contributed by atoms with Crippen LogP contribution in [0, 0.1) is 0 Å². The lowest BCUT2D eigenvalue weighted by molar-refractivity contribution is -0.119. The first-order valence-corrected chi connectivity index (χ1v) is 6.60. The number of amides is 1. The first-order chi connectivity index (χ1) is 8.34. The number of nitrogens with zero attached hydrogens (tertiary/aromatic N) is 2. The van der Waals surface area contributed by atoms with E-state index >= 15 is 0 Å². The van der Waals surface area contributed by atoms with Gasteiger partial charge in [-0.25, -0.2) is 9.97 Å². The minimum absolute atomic E-state index is 0.0177. The molecule has 1 aromatic heterocycles. The van der Waals surface area contributed by atoms with Crippen LogP contribution in [0.1, 0.15) is 12.8 Å². The van der Waals surface area contributed by atoms with Gasteiger partial charge < -0.3 is 10.1 Å². The van der Waals surface area contributed by atoms with Crippen molar-refractivity contribution in [3.8, 4) is 0 Å². The molecule has 1 amide bonds. The predicted octanol–water partition coefficient (Wildman–Crippen LogP) is 0.864. The Hall–Kier alpha value is -1.14. The number of thioether (sulfide) groups is 1. The highest BCUT2D eigenvalue weighted by atomic mass is 32.2. The summed E-state index contributed by atoms with van der Waals surface area (Å²) in [6.07, 6.45) is 5.48. The zero-order valence-electron chi connectivity index (χ0n) is 9.46. The Morgan fingerprint density at radius 1 is 1.65 bits per heavy atom. The molecule has 1 saturated heterocycles. The molecule has 0 aliphatic carbocycles. The van der Waals surface area contributed by atoms with E-state index in [1.807, 2.05) is 0 Å². The molecule has 0 unspecified atom stereocenters. The molecule has 1 aromatic rings. The molecule has 6 heteroatoms. The Bertz CT molecular complexity index is 355. The summed E-state index contributed by atoms with van der Waals surface area (Å²) < 4.78 is 5.42. The second-order valence-electron chi connectivity index (χ2n) is 3.78. The molecule has 1 atom stereocenters. The van der Waals surface area contributed by atoms with E-state index < -0.39 is 0 Å². The third kappa shape index (κ3) is 4.32. The summed E-state index contributed by atoms with van der Waals surface area (Å²) >= 11 is 1.41. The van der Waals surface area contributed by atoms with Gasteiger partial charge in [-0.15, -0.1) is 0 Å². The van der Waals surface area contributed by atoms with Gasteiger partial charge in [-0.05, 0) is 18.9 Å². The Balaban J connectivity index is 1.64. The molecule has 0 radical (unpaired) electrons. The molecule has 2 rings (SSSR count). The van der Waals surface area contributed by atoms with Crippen molar-refractivity contribution >= 4 is 17.7 Å².